The average Bonchev–Trinajstić information content (AvgIpc) is 2.72. The normalized spacial score (nSPS) is 12.1. The Hall–Kier alpha value is -3.09. The van der Waals surface area contributed by atoms with Gasteiger partial charge in [-0.15, -0.1) is 0 Å². The number of methoxy groups -OCH3 is 1. The fourth-order valence-electron chi connectivity index (χ4n) is 2.74. The van der Waals surface area contributed by atoms with Crippen molar-refractivity contribution in [2.24, 2.45) is 0 Å². The molecule has 1 unspecified atom stereocenters. The van der Waals surface area contributed by atoms with Gasteiger partial charge >= 0.3 is 6.61 Å². The van der Waals surface area contributed by atoms with Crippen molar-refractivity contribution < 1.29 is 27.8 Å². The molecule has 0 aliphatic rings. The van der Waals surface area contributed by atoms with E-state index < -0.39 is 6.61 Å². The summed E-state index contributed by atoms with van der Waals surface area (Å²) in [5.74, 6) is 0.631. The highest BCUT2D eigenvalue weighted by Gasteiger charge is 2.13. The molecule has 156 valence electrons. The van der Waals surface area contributed by atoms with Gasteiger partial charge in [-0.25, -0.2) is 0 Å². The number of nitrogens with one attached hydrogen (secondary N) is 1. The molecule has 0 aliphatic heterocycles. The SMILES string of the molecule is CCOc1cc(/C=C/C(=O)NC(CC)c2ccc(OC)cc2)ccc1OC(F)F. The van der Waals surface area contributed by atoms with Crippen molar-refractivity contribution >= 4 is 12.0 Å². The summed E-state index contributed by atoms with van der Waals surface area (Å²) in [6.45, 7) is 1.08. The monoisotopic (exact) mass is 405 g/mol. The standard InChI is InChI=1S/C22H25F2NO4/c1-4-18(16-8-10-17(27-3)11-9-16)25-21(26)13-7-15-6-12-19(29-22(23)24)20(14-15)28-5-2/h6-14,18,22H,4-5H2,1-3H3,(H,25,26)/b13-7+. The molecule has 5 nitrogen and oxygen atoms in total. The fraction of sp³-hybridized carbons (Fsp3) is 0.318. The van der Waals surface area contributed by atoms with Gasteiger partial charge in [-0.1, -0.05) is 25.1 Å². The van der Waals surface area contributed by atoms with Gasteiger partial charge in [-0.2, -0.15) is 8.78 Å². The van der Waals surface area contributed by atoms with Gasteiger partial charge in [0, 0.05) is 6.08 Å². The molecule has 2 aromatic rings. The van der Waals surface area contributed by atoms with Gasteiger partial charge in [-0.05, 0) is 54.8 Å². The van der Waals surface area contributed by atoms with Crippen molar-refractivity contribution in [1.29, 1.82) is 0 Å². The smallest absolute Gasteiger partial charge is 0.387 e. The lowest BCUT2D eigenvalue weighted by Gasteiger charge is -2.16. The number of ether oxygens (including phenoxy) is 3. The topological polar surface area (TPSA) is 56.8 Å². The Morgan fingerprint density at radius 1 is 1.10 bits per heavy atom. The lowest BCUT2D eigenvalue weighted by molar-refractivity contribution is -0.117. The van der Waals surface area contributed by atoms with Crippen LogP contribution < -0.4 is 19.5 Å². The number of carbonyl (C=O) groups is 1. The van der Waals surface area contributed by atoms with Crippen LogP contribution in [0.1, 0.15) is 37.4 Å². The van der Waals surface area contributed by atoms with Gasteiger partial charge in [0.25, 0.3) is 0 Å². The van der Waals surface area contributed by atoms with E-state index in [9.17, 15) is 13.6 Å². The maximum Gasteiger partial charge on any atom is 0.387 e. The van der Waals surface area contributed by atoms with Crippen molar-refractivity contribution in [3.63, 3.8) is 0 Å². The average molecular weight is 405 g/mol. The summed E-state index contributed by atoms with van der Waals surface area (Å²) >= 11 is 0. The van der Waals surface area contributed by atoms with E-state index in [4.69, 9.17) is 9.47 Å². The predicted molar refractivity (Wildman–Crippen MR) is 107 cm³/mol. The van der Waals surface area contributed by atoms with Crippen LogP contribution in [0.5, 0.6) is 17.2 Å². The molecule has 2 aromatic carbocycles. The quantitative estimate of drug-likeness (QED) is 0.567. The van der Waals surface area contributed by atoms with Crippen LogP contribution >= 0.6 is 0 Å². The number of halogens is 2. The Morgan fingerprint density at radius 3 is 2.41 bits per heavy atom. The summed E-state index contributed by atoms with van der Waals surface area (Å²) in [7, 11) is 1.60. The summed E-state index contributed by atoms with van der Waals surface area (Å²) in [6, 6.07) is 11.9. The van der Waals surface area contributed by atoms with Crippen LogP contribution in [0.2, 0.25) is 0 Å². The minimum atomic E-state index is -2.94. The minimum absolute atomic E-state index is 0.0472. The molecule has 1 amide bonds. The third-order valence-corrected chi connectivity index (χ3v) is 4.15. The van der Waals surface area contributed by atoms with Crippen molar-refractivity contribution in [2.75, 3.05) is 13.7 Å². The van der Waals surface area contributed by atoms with E-state index in [1.165, 1.54) is 12.1 Å². The highest BCUT2D eigenvalue weighted by Crippen LogP contribution is 2.30. The van der Waals surface area contributed by atoms with Gasteiger partial charge < -0.3 is 19.5 Å². The molecule has 0 spiro atoms. The van der Waals surface area contributed by atoms with Gasteiger partial charge in [0.15, 0.2) is 11.5 Å². The first-order valence-electron chi connectivity index (χ1n) is 9.31. The molecule has 0 radical (unpaired) electrons. The van der Waals surface area contributed by atoms with Crippen LogP contribution in [0.25, 0.3) is 6.08 Å². The molecule has 0 aliphatic carbocycles. The summed E-state index contributed by atoms with van der Waals surface area (Å²) in [5, 5.41) is 2.95. The Kier molecular flexibility index (Phi) is 8.45. The Bertz CT molecular complexity index is 822. The molecular weight excluding hydrogens is 380 g/mol. The van der Waals surface area contributed by atoms with Crippen LogP contribution in [0.15, 0.2) is 48.5 Å². The number of benzene rings is 2. The van der Waals surface area contributed by atoms with Gasteiger partial charge in [0.1, 0.15) is 5.75 Å². The Labute approximate surface area is 169 Å². The van der Waals surface area contributed by atoms with E-state index in [0.717, 1.165) is 17.7 Å². The third kappa shape index (κ3) is 6.78. The number of rotatable bonds is 10. The molecule has 7 heteroatoms. The highest BCUT2D eigenvalue weighted by molar-refractivity contribution is 5.92. The van der Waals surface area contributed by atoms with E-state index >= 15 is 0 Å². The molecule has 0 saturated carbocycles. The summed E-state index contributed by atoms with van der Waals surface area (Å²) < 4.78 is 39.9. The number of hydrogen-bond donors (Lipinski definition) is 1. The second-order valence-corrected chi connectivity index (χ2v) is 6.09. The second-order valence-electron chi connectivity index (χ2n) is 6.09. The lowest BCUT2D eigenvalue weighted by Crippen LogP contribution is -2.26. The summed E-state index contributed by atoms with van der Waals surface area (Å²) in [4.78, 5) is 12.3. The number of alkyl halides is 2. The minimum Gasteiger partial charge on any atom is -0.497 e. The van der Waals surface area contributed by atoms with Crippen molar-refractivity contribution in [2.45, 2.75) is 32.9 Å². The van der Waals surface area contributed by atoms with Gasteiger partial charge in [-0.3, -0.25) is 4.79 Å². The molecule has 29 heavy (non-hydrogen) atoms. The zero-order chi connectivity index (χ0) is 21.2. The maximum atomic E-state index is 12.5. The summed E-state index contributed by atoms with van der Waals surface area (Å²) in [5.41, 5.74) is 1.60. The van der Waals surface area contributed by atoms with Crippen LogP contribution in [-0.2, 0) is 4.79 Å². The first-order chi connectivity index (χ1) is 14.0. The molecular formula is C22H25F2NO4. The van der Waals surface area contributed by atoms with Crippen molar-refractivity contribution in [1.82, 2.24) is 5.32 Å². The molecule has 0 bridgehead atoms. The first-order valence-corrected chi connectivity index (χ1v) is 9.31. The zero-order valence-corrected chi connectivity index (χ0v) is 16.7. The summed E-state index contributed by atoms with van der Waals surface area (Å²) in [6.07, 6.45) is 3.70. The molecule has 2 rings (SSSR count). The molecule has 0 fully saturated rings. The van der Waals surface area contributed by atoms with Crippen LogP contribution in [-0.4, -0.2) is 26.2 Å². The lowest BCUT2D eigenvalue weighted by atomic mass is 10.0. The highest BCUT2D eigenvalue weighted by atomic mass is 19.3. The van der Waals surface area contributed by atoms with Gasteiger partial charge in [0.05, 0.1) is 19.8 Å². The predicted octanol–water partition coefficient (Wildman–Crippen LogP) is 4.98. The number of hydrogen-bond acceptors (Lipinski definition) is 4. The van der Waals surface area contributed by atoms with Crippen LogP contribution in [0, 0.1) is 0 Å². The van der Waals surface area contributed by atoms with Crippen LogP contribution in [0.3, 0.4) is 0 Å². The Balaban J connectivity index is 2.07. The van der Waals surface area contributed by atoms with Gasteiger partial charge in [0.2, 0.25) is 5.91 Å². The van der Waals surface area contributed by atoms with Crippen molar-refractivity contribution in [3.8, 4) is 17.2 Å². The fourth-order valence-corrected chi connectivity index (χ4v) is 2.74. The number of carbonyl (C=O) groups excluding carboxylic acids is 1. The van der Waals surface area contributed by atoms with E-state index in [1.807, 2.05) is 31.2 Å². The van der Waals surface area contributed by atoms with E-state index in [2.05, 4.69) is 10.1 Å². The Morgan fingerprint density at radius 2 is 1.83 bits per heavy atom. The van der Waals surface area contributed by atoms with E-state index in [0.29, 0.717) is 12.2 Å². The van der Waals surface area contributed by atoms with E-state index in [-0.39, 0.29) is 23.4 Å². The third-order valence-electron chi connectivity index (χ3n) is 4.15. The molecule has 0 aromatic heterocycles. The first kappa shape index (κ1) is 22.2. The molecule has 0 heterocycles. The number of amides is 1. The van der Waals surface area contributed by atoms with Crippen LogP contribution in [0.4, 0.5) is 8.78 Å². The molecule has 1 atom stereocenters. The van der Waals surface area contributed by atoms with Crippen molar-refractivity contribution in [3.05, 3.63) is 59.7 Å². The maximum absolute atomic E-state index is 12.5. The second kappa shape index (κ2) is 11.0. The molecule has 0 saturated heterocycles. The van der Waals surface area contributed by atoms with E-state index in [1.54, 1.807) is 32.2 Å². The molecule has 1 N–H and O–H groups in total. The zero-order valence-electron chi connectivity index (χ0n) is 16.7. The largest absolute Gasteiger partial charge is 0.497 e.